The molecule has 4 heteroatoms. The van der Waals surface area contributed by atoms with E-state index in [1.165, 1.54) is 57.8 Å². The summed E-state index contributed by atoms with van der Waals surface area (Å²) in [5, 5.41) is 6.98. The summed E-state index contributed by atoms with van der Waals surface area (Å²) in [6.45, 7) is 2.28. The Balaban J connectivity index is 0.00000161. The third-order valence-electron chi connectivity index (χ3n) is 5.77. The maximum Gasteiger partial charge on any atom is 0.220 e. The van der Waals surface area contributed by atoms with Crippen LogP contribution in [0.3, 0.4) is 0 Å². The quantitative estimate of drug-likeness (QED) is 0.835. The summed E-state index contributed by atoms with van der Waals surface area (Å²) in [5.74, 6) is 1.78. The van der Waals surface area contributed by atoms with Crippen molar-refractivity contribution in [3.05, 3.63) is 0 Å². The van der Waals surface area contributed by atoms with E-state index in [9.17, 15) is 4.79 Å². The molecule has 0 aromatic rings. The van der Waals surface area contributed by atoms with E-state index in [0.717, 1.165) is 12.3 Å². The van der Waals surface area contributed by atoms with Gasteiger partial charge in [-0.05, 0) is 50.4 Å². The summed E-state index contributed by atoms with van der Waals surface area (Å²) in [6, 6.07) is 1.86. The SMILES string of the molecule is CCC1CCCC(NC(=O)CC2CC3CCC(C2)N3)C1.Cl. The van der Waals surface area contributed by atoms with E-state index in [4.69, 9.17) is 0 Å². The van der Waals surface area contributed by atoms with Crippen LogP contribution in [0.1, 0.15) is 71.1 Å². The van der Waals surface area contributed by atoms with Gasteiger partial charge in [0.05, 0.1) is 0 Å². The van der Waals surface area contributed by atoms with E-state index in [2.05, 4.69) is 17.6 Å². The van der Waals surface area contributed by atoms with Crippen molar-refractivity contribution in [3.63, 3.8) is 0 Å². The minimum Gasteiger partial charge on any atom is -0.353 e. The van der Waals surface area contributed by atoms with Gasteiger partial charge in [-0.15, -0.1) is 12.4 Å². The summed E-state index contributed by atoms with van der Waals surface area (Å²) >= 11 is 0. The number of carbonyl (C=O) groups is 1. The molecule has 21 heavy (non-hydrogen) atoms. The molecule has 0 radical (unpaired) electrons. The van der Waals surface area contributed by atoms with E-state index in [1.54, 1.807) is 0 Å². The van der Waals surface area contributed by atoms with Crippen molar-refractivity contribution in [2.45, 2.75) is 89.3 Å². The molecule has 4 atom stereocenters. The Morgan fingerprint density at radius 2 is 1.76 bits per heavy atom. The summed E-state index contributed by atoms with van der Waals surface area (Å²) < 4.78 is 0. The van der Waals surface area contributed by atoms with Crippen LogP contribution in [0.4, 0.5) is 0 Å². The van der Waals surface area contributed by atoms with Crippen LogP contribution in [0, 0.1) is 11.8 Å². The first kappa shape index (κ1) is 17.1. The van der Waals surface area contributed by atoms with Crippen LogP contribution in [0.5, 0.6) is 0 Å². The van der Waals surface area contributed by atoms with Crippen molar-refractivity contribution in [1.29, 1.82) is 0 Å². The van der Waals surface area contributed by atoms with Crippen LogP contribution in [-0.4, -0.2) is 24.0 Å². The molecule has 1 amide bonds. The highest BCUT2D eigenvalue weighted by atomic mass is 35.5. The smallest absolute Gasteiger partial charge is 0.220 e. The molecule has 122 valence electrons. The second kappa shape index (κ2) is 7.82. The molecular weight excluding hydrogens is 284 g/mol. The maximum absolute atomic E-state index is 12.3. The molecule has 2 bridgehead atoms. The number of piperidine rings is 1. The topological polar surface area (TPSA) is 41.1 Å². The molecule has 2 N–H and O–H groups in total. The first-order valence-corrected chi connectivity index (χ1v) is 8.78. The molecule has 3 fully saturated rings. The van der Waals surface area contributed by atoms with Crippen LogP contribution in [0.15, 0.2) is 0 Å². The van der Waals surface area contributed by atoms with Gasteiger partial charge < -0.3 is 10.6 Å². The highest BCUT2D eigenvalue weighted by Gasteiger charge is 2.34. The van der Waals surface area contributed by atoms with E-state index < -0.39 is 0 Å². The molecule has 3 nitrogen and oxygen atoms in total. The van der Waals surface area contributed by atoms with Gasteiger partial charge in [-0.1, -0.05) is 26.2 Å². The summed E-state index contributed by atoms with van der Waals surface area (Å²) in [4.78, 5) is 12.3. The Hall–Kier alpha value is -0.280. The molecule has 3 aliphatic rings. The van der Waals surface area contributed by atoms with Crippen molar-refractivity contribution in [2.24, 2.45) is 11.8 Å². The molecule has 4 unspecified atom stereocenters. The van der Waals surface area contributed by atoms with Crippen LogP contribution in [0.25, 0.3) is 0 Å². The number of fused-ring (bicyclic) bond motifs is 2. The van der Waals surface area contributed by atoms with Crippen molar-refractivity contribution in [3.8, 4) is 0 Å². The Kier molecular flexibility index (Phi) is 6.36. The first-order chi connectivity index (χ1) is 9.72. The number of hydrogen-bond acceptors (Lipinski definition) is 2. The van der Waals surface area contributed by atoms with Crippen LogP contribution >= 0.6 is 12.4 Å². The van der Waals surface area contributed by atoms with E-state index >= 15 is 0 Å². The highest BCUT2D eigenvalue weighted by Crippen LogP contribution is 2.33. The monoisotopic (exact) mass is 314 g/mol. The highest BCUT2D eigenvalue weighted by molar-refractivity contribution is 5.85. The summed E-state index contributed by atoms with van der Waals surface area (Å²) in [7, 11) is 0. The molecule has 1 aliphatic carbocycles. The number of nitrogens with one attached hydrogen (secondary N) is 2. The third-order valence-corrected chi connectivity index (χ3v) is 5.77. The Morgan fingerprint density at radius 3 is 2.43 bits per heavy atom. The fraction of sp³-hybridized carbons (Fsp3) is 0.941. The second-order valence-electron chi connectivity index (χ2n) is 7.38. The molecule has 2 saturated heterocycles. The minimum absolute atomic E-state index is 0. The minimum atomic E-state index is 0. The molecule has 2 heterocycles. The molecular formula is C17H31ClN2O. The van der Waals surface area contributed by atoms with Gasteiger partial charge in [-0.3, -0.25) is 4.79 Å². The summed E-state index contributed by atoms with van der Waals surface area (Å²) in [6.07, 6.45) is 12.2. The first-order valence-electron chi connectivity index (χ1n) is 8.78. The van der Waals surface area contributed by atoms with Crippen LogP contribution in [0.2, 0.25) is 0 Å². The molecule has 3 rings (SSSR count). The fourth-order valence-electron chi connectivity index (χ4n) is 4.68. The van der Waals surface area contributed by atoms with Crippen molar-refractivity contribution in [2.75, 3.05) is 0 Å². The molecule has 0 spiro atoms. The van der Waals surface area contributed by atoms with Gasteiger partial charge in [0.1, 0.15) is 0 Å². The maximum atomic E-state index is 12.3. The van der Waals surface area contributed by atoms with Gasteiger partial charge in [0.2, 0.25) is 5.91 Å². The van der Waals surface area contributed by atoms with E-state index in [0.29, 0.717) is 30.0 Å². The van der Waals surface area contributed by atoms with Crippen molar-refractivity contribution in [1.82, 2.24) is 10.6 Å². The average molecular weight is 315 g/mol. The van der Waals surface area contributed by atoms with Gasteiger partial charge >= 0.3 is 0 Å². The van der Waals surface area contributed by atoms with E-state index in [-0.39, 0.29) is 12.4 Å². The second-order valence-corrected chi connectivity index (χ2v) is 7.38. The standard InChI is InChI=1S/C17H30N2O.ClH/c1-2-12-4-3-5-14(8-12)19-17(20)11-13-9-15-6-7-16(10-13)18-15;/h12-16,18H,2-11H2,1H3,(H,19,20);1H. The summed E-state index contributed by atoms with van der Waals surface area (Å²) in [5.41, 5.74) is 0. The van der Waals surface area contributed by atoms with Crippen molar-refractivity contribution < 1.29 is 4.79 Å². The fourth-order valence-corrected chi connectivity index (χ4v) is 4.68. The number of rotatable bonds is 4. The van der Waals surface area contributed by atoms with Gasteiger partial charge in [-0.2, -0.15) is 0 Å². The van der Waals surface area contributed by atoms with Gasteiger partial charge in [-0.25, -0.2) is 0 Å². The van der Waals surface area contributed by atoms with Crippen LogP contribution in [-0.2, 0) is 4.79 Å². The molecule has 0 aromatic carbocycles. The van der Waals surface area contributed by atoms with Gasteiger partial charge in [0, 0.05) is 24.5 Å². The lowest BCUT2D eigenvalue weighted by Gasteiger charge is -2.31. The Morgan fingerprint density at radius 1 is 1.05 bits per heavy atom. The number of carbonyl (C=O) groups excluding carboxylic acids is 1. The average Bonchev–Trinajstić information content (AvgIpc) is 2.78. The third kappa shape index (κ3) is 4.59. The predicted molar refractivity (Wildman–Crippen MR) is 88.7 cm³/mol. The molecule has 0 aromatic heterocycles. The Bertz CT molecular complexity index is 338. The van der Waals surface area contributed by atoms with Gasteiger partial charge in [0.15, 0.2) is 0 Å². The lowest BCUT2D eigenvalue weighted by molar-refractivity contribution is -0.123. The predicted octanol–water partition coefficient (Wildman–Crippen LogP) is 3.41. The Labute approximate surface area is 135 Å². The van der Waals surface area contributed by atoms with Crippen molar-refractivity contribution >= 4 is 18.3 Å². The zero-order valence-electron chi connectivity index (χ0n) is 13.3. The normalized spacial score (nSPS) is 38.6. The zero-order chi connectivity index (χ0) is 13.9. The molecule has 2 aliphatic heterocycles. The lowest BCUT2D eigenvalue weighted by atomic mass is 9.84. The molecule has 1 saturated carbocycles. The largest absolute Gasteiger partial charge is 0.353 e. The van der Waals surface area contributed by atoms with E-state index in [1.807, 2.05) is 0 Å². The number of halogens is 1. The zero-order valence-corrected chi connectivity index (χ0v) is 14.1. The van der Waals surface area contributed by atoms with Gasteiger partial charge in [0.25, 0.3) is 0 Å². The number of hydrogen-bond donors (Lipinski definition) is 2. The van der Waals surface area contributed by atoms with Crippen LogP contribution < -0.4 is 10.6 Å². The number of amides is 1. The lowest BCUT2D eigenvalue weighted by Crippen LogP contribution is -2.42.